The van der Waals surface area contributed by atoms with Crippen LogP contribution in [-0.2, 0) is 104 Å². The first kappa shape index (κ1) is 94.7. The lowest BCUT2D eigenvalue weighted by Gasteiger charge is -2.17. The molecule has 39 heteroatoms. The van der Waals surface area contributed by atoms with Crippen molar-refractivity contribution in [3.8, 4) is 5.75 Å². The van der Waals surface area contributed by atoms with Crippen LogP contribution in [0.1, 0.15) is 84.8 Å². The molecule has 32 N–H and O–H groups in total. The van der Waals surface area contributed by atoms with Gasteiger partial charge < -0.3 is 129 Å². The molecule has 0 fully saturated rings. The molecule has 0 saturated carbocycles. The third-order valence-electron chi connectivity index (χ3n) is 11.5. The number of carbonyl (C=O) groups excluding carboxylic acids is 10. The van der Waals surface area contributed by atoms with Crippen LogP contribution < -0.4 is 85.0 Å². The number of nitrogens with two attached hydrogens (primary N) is 14. The lowest BCUT2D eigenvalue weighted by atomic mass is 10.0. The van der Waals surface area contributed by atoms with Gasteiger partial charge in [-0.05, 0) is 73.1 Å². The molecule has 2 aromatic rings. The average molecular weight is 1410 g/mol. The number of ether oxygens (including phenoxy) is 6. The fraction of sp³-hybridized carbons (Fsp3) is 0.552. The number of thiol groups is 1. The summed E-state index contributed by atoms with van der Waals surface area (Å²) in [6.45, 7) is 9.44. The highest BCUT2D eigenvalue weighted by Gasteiger charge is 2.29. The average Bonchev–Trinajstić information content (AvgIpc) is 0.944. The summed E-state index contributed by atoms with van der Waals surface area (Å²) in [4.78, 5) is 154. The molecule has 0 unspecified atom stereocenters. The Kier molecular flexibility index (Phi) is 51.2. The van der Waals surface area contributed by atoms with Crippen LogP contribution in [-0.4, -0.2) is 202 Å². The molecule has 38 nitrogen and oxygen atoms in total. The first-order valence-electron chi connectivity index (χ1n) is 29.3. The summed E-state index contributed by atoms with van der Waals surface area (Å²) in [5.41, 5.74) is 75.7. The Bertz CT molecular complexity index is 2790. The van der Waals surface area contributed by atoms with E-state index in [-0.39, 0.29) is 68.8 Å². The van der Waals surface area contributed by atoms with Crippen molar-refractivity contribution < 1.29 is 116 Å². The molecule has 0 heterocycles. The molecule has 550 valence electrons. The fourth-order valence-corrected chi connectivity index (χ4v) is 6.14. The van der Waals surface area contributed by atoms with Crippen LogP contribution in [0.2, 0.25) is 0 Å². The summed E-state index contributed by atoms with van der Waals surface area (Å²) in [5, 5.41) is 32.3. The lowest BCUT2D eigenvalue weighted by molar-refractivity contribution is -0.165. The van der Waals surface area contributed by atoms with E-state index in [1.165, 1.54) is 0 Å². The van der Waals surface area contributed by atoms with Crippen molar-refractivity contribution in [2.75, 3.05) is 32.1 Å². The summed E-state index contributed by atoms with van der Waals surface area (Å²) < 4.78 is 28.8. The zero-order valence-electron chi connectivity index (χ0n) is 54.7. The number of carbonyl (C=O) groups is 14. The predicted molar refractivity (Wildman–Crippen MR) is 348 cm³/mol. The van der Waals surface area contributed by atoms with Gasteiger partial charge in [-0.2, -0.15) is 12.6 Å². The van der Waals surface area contributed by atoms with Gasteiger partial charge in [0.2, 0.25) is 11.8 Å². The minimum Gasteiger partial charge on any atom is -0.480 e. The molecule has 0 aliphatic carbocycles. The van der Waals surface area contributed by atoms with E-state index < -0.39 is 163 Å². The van der Waals surface area contributed by atoms with Crippen LogP contribution >= 0.6 is 12.6 Å². The number of aliphatic carboxylic acids is 4. The van der Waals surface area contributed by atoms with E-state index in [2.05, 4.69) is 33.6 Å². The predicted octanol–water partition coefficient (Wildman–Crippen LogP) is -6.21. The molecule has 2 rings (SSSR count). The Morgan fingerprint density at radius 2 is 0.784 bits per heavy atom. The number of carboxylic acids is 4. The topological polar surface area (TPSA) is 740 Å². The molecule has 0 aliphatic heterocycles. The van der Waals surface area contributed by atoms with Gasteiger partial charge in [0.25, 0.3) is 0 Å². The molecule has 0 spiro atoms. The largest absolute Gasteiger partial charge is 0.480 e. The Morgan fingerprint density at radius 3 is 1.14 bits per heavy atom. The number of benzene rings is 2. The standard InChI is InChI=1S/C21H32N4O7.C18H27N3O5S.C8H16N2O4.C5H10N2O3.C4H8N2O3.C2H5NO2/c1-12(2)8-14(22)18(26)30-10-16(24)20(28)32-21(29)17(25)11-31-19(27)15(23)9-13-6-4-3-5-7-13;1-10(2)7-13(19)16(22)26-17(23)14(20)8-11-3-5-12(6-4-11)25-18(24)15(21)9-27;1-4(2)6(10)8(13)14-3-5(9)7(11)12;6-3(5(9)10)1-2-4(7)8;5-2(4(8)9)1-3(6)7;3-1-2(4)5/h3-7,12,14-17H,8-11,22-25H2,1-2H3;3-6,10,13-15,27H,7-9,19-21H2,1-2H3;4-6H,3,9-10H2,1-2H3,(H,11,12);3H,1-2,6H2,(H2,7,8)(H,9,10);2H,1,5H2,(H2,6,7)(H,8,9);1,3H2,(H,4,5)/t14-,15-,16-,17-;13-,14-,15-;5-,6-;3-;2-;/m00000./s1. The smallest absolute Gasteiger partial charge is 0.334 e. The quantitative estimate of drug-likeness (QED) is 0.0102. The number of esters is 8. The minimum absolute atomic E-state index is 0.0213. The zero-order valence-corrected chi connectivity index (χ0v) is 55.6. The molecular formula is C58H98N14O24S. The Morgan fingerprint density at radius 1 is 0.423 bits per heavy atom. The summed E-state index contributed by atoms with van der Waals surface area (Å²) in [5.74, 6) is -11.6. The summed E-state index contributed by atoms with van der Waals surface area (Å²) in [6, 6.07) is 4.04. The molecule has 97 heavy (non-hydrogen) atoms. The van der Waals surface area contributed by atoms with Gasteiger partial charge in [0.1, 0.15) is 92.0 Å². The number of rotatable bonds is 34. The van der Waals surface area contributed by atoms with Crippen molar-refractivity contribution in [2.24, 2.45) is 98.0 Å². The van der Waals surface area contributed by atoms with Gasteiger partial charge >= 0.3 is 71.6 Å². The zero-order chi connectivity index (χ0) is 76.0. The highest BCUT2D eigenvalue weighted by molar-refractivity contribution is 7.80. The first-order chi connectivity index (χ1) is 44.8. The fourth-order valence-electron chi connectivity index (χ4n) is 5.99. The van der Waals surface area contributed by atoms with Crippen LogP contribution in [0.4, 0.5) is 0 Å². The first-order valence-corrected chi connectivity index (χ1v) is 29.9. The maximum absolute atomic E-state index is 12.0. The Hall–Kier alpha value is -8.71. The monoisotopic (exact) mass is 1410 g/mol. The number of carboxylic acid groups (broad SMARTS) is 4. The van der Waals surface area contributed by atoms with E-state index in [9.17, 15) is 67.1 Å². The number of hydrogen-bond acceptors (Lipinski definition) is 33. The SMILES string of the molecule is CC(C)C[C@H](N)C(=O)OC(=O)[C@@H](N)Cc1ccc(OC(=O)[C@@H](N)CS)cc1.CC(C)C[C@H](N)C(=O)OC[C@H](N)C(=O)OC(=O)[C@@H](N)COC(=O)[C@@H](N)Cc1ccccc1.CC(C)[C@H](N)C(=O)OC[C@H](N)C(=O)O.NC(=O)CC[C@H](N)C(=O)O.NC(=O)C[C@H](N)C(=O)O.NCC(=O)O. The van der Waals surface area contributed by atoms with E-state index in [4.69, 9.17) is 108 Å². The number of primary amides is 2. The summed E-state index contributed by atoms with van der Waals surface area (Å²) in [6.07, 6.45) is 1.02. The second-order valence-corrected chi connectivity index (χ2v) is 22.3. The van der Waals surface area contributed by atoms with Crippen molar-refractivity contribution in [1.82, 2.24) is 0 Å². The molecular weight excluding hydrogens is 1310 g/mol. The molecule has 0 saturated heterocycles. The third-order valence-corrected chi connectivity index (χ3v) is 11.9. The molecule has 2 aromatic carbocycles. The van der Waals surface area contributed by atoms with Gasteiger partial charge in [-0.25, -0.2) is 24.0 Å². The molecule has 0 bridgehead atoms. The molecule has 11 atom stereocenters. The highest BCUT2D eigenvalue weighted by Crippen LogP contribution is 2.15. The third kappa shape index (κ3) is 49.5. The van der Waals surface area contributed by atoms with Gasteiger partial charge in [-0.15, -0.1) is 0 Å². The maximum Gasteiger partial charge on any atom is 0.334 e. The van der Waals surface area contributed by atoms with Crippen LogP contribution in [0.15, 0.2) is 54.6 Å². The Labute approximate surface area is 564 Å². The second-order valence-electron chi connectivity index (χ2n) is 21.9. The van der Waals surface area contributed by atoms with Crippen LogP contribution in [0.5, 0.6) is 5.75 Å². The van der Waals surface area contributed by atoms with Crippen molar-refractivity contribution in [3.63, 3.8) is 0 Å². The minimum atomic E-state index is -1.43. The highest BCUT2D eigenvalue weighted by atomic mass is 32.1. The van der Waals surface area contributed by atoms with Gasteiger partial charge in [-0.1, -0.05) is 84.0 Å². The van der Waals surface area contributed by atoms with Gasteiger partial charge in [0.05, 0.1) is 13.0 Å². The molecule has 0 aromatic heterocycles. The van der Waals surface area contributed by atoms with E-state index in [1.807, 2.05) is 45.9 Å². The molecule has 0 radical (unpaired) electrons. The Balaban J connectivity index is -0.000000592. The van der Waals surface area contributed by atoms with E-state index in [0.29, 0.717) is 24.2 Å². The normalized spacial score (nSPS) is 13.8. The second kappa shape index (κ2) is 52.5. The van der Waals surface area contributed by atoms with Crippen LogP contribution in [0, 0.1) is 17.8 Å². The van der Waals surface area contributed by atoms with Crippen molar-refractivity contribution in [3.05, 3.63) is 65.7 Å². The van der Waals surface area contributed by atoms with Gasteiger partial charge in [0, 0.05) is 12.2 Å². The van der Waals surface area contributed by atoms with Gasteiger partial charge in [0.15, 0.2) is 0 Å². The summed E-state index contributed by atoms with van der Waals surface area (Å²) in [7, 11) is 0. The van der Waals surface area contributed by atoms with Crippen molar-refractivity contribution >= 4 is 96.1 Å². The van der Waals surface area contributed by atoms with E-state index in [0.717, 1.165) is 5.56 Å². The van der Waals surface area contributed by atoms with Crippen molar-refractivity contribution in [2.45, 2.75) is 153 Å². The summed E-state index contributed by atoms with van der Waals surface area (Å²) >= 11 is 3.93. The molecule has 2 amide bonds. The number of amides is 2. The number of hydrogen-bond donors (Lipinski definition) is 19. The van der Waals surface area contributed by atoms with Crippen molar-refractivity contribution in [1.29, 1.82) is 0 Å². The maximum atomic E-state index is 12.0. The molecule has 0 aliphatic rings. The van der Waals surface area contributed by atoms with Crippen LogP contribution in [0.25, 0.3) is 0 Å². The van der Waals surface area contributed by atoms with Crippen LogP contribution in [0.3, 0.4) is 0 Å². The van der Waals surface area contributed by atoms with E-state index >= 15 is 0 Å². The lowest BCUT2D eigenvalue weighted by Crippen LogP contribution is -2.45. The van der Waals surface area contributed by atoms with Gasteiger partial charge in [-0.3, -0.25) is 43.2 Å². The van der Waals surface area contributed by atoms with E-state index in [1.54, 1.807) is 50.2 Å².